The Balaban J connectivity index is 0.770. The lowest BCUT2D eigenvalue weighted by Gasteiger charge is -2.30. The molecule has 3 aliphatic rings. The van der Waals surface area contributed by atoms with Gasteiger partial charge in [0.1, 0.15) is 0 Å². The van der Waals surface area contributed by atoms with Gasteiger partial charge in [0.05, 0.1) is 0 Å². The van der Waals surface area contributed by atoms with Crippen LogP contribution in [0.15, 0.2) is 170 Å². The predicted molar refractivity (Wildman–Crippen MR) is 260 cm³/mol. The van der Waals surface area contributed by atoms with Crippen LogP contribution >= 0.6 is 0 Å². The monoisotopic (exact) mass is 784 g/mol. The zero-order valence-electron chi connectivity index (χ0n) is 35.3. The summed E-state index contributed by atoms with van der Waals surface area (Å²) < 4.78 is 0. The highest BCUT2D eigenvalue weighted by molar-refractivity contribution is 5.86. The molecule has 8 aromatic carbocycles. The minimum Gasteiger partial charge on any atom is -0.344 e. The second-order valence-electron chi connectivity index (χ2n) is 17.6. The van der Waals surface area contributed by atoms with E-state index in [1.165, 1.54) is 112 Å². The molecule has 0 spiro atoms. The zero-order valence-corrected chi connectivity index (χ0v) is 35.3. The van der Waals surface area contributed by atoms with Gasteiger partial charge < -0.3 is 9.80 Å². The summed E-state index contributed by atoms with van der Waals surface area (Å²) in [6.07, 6.45) is 10.9. The van der Waals surface area contributed by atoms with Crippen molar-refractivity contribution < 1.29 is 0 Å². The molecule has 0 saturated heterocycles. The predicted octanol–water partition coefficient (Wildman–Crippen LogP) is 15.0. The fourth-order valence-corrected chi connectivity index (χ4v) is 9.99. The van der Waals surface area contributed by atoms with Crippen molar-refractivity contribution >= 4 is 47.1 Å². The highest BCUT2D eigenvalue weighted by atomic mass is 15.1. The molecular weight excluding hydrogens is 737 g/mol. The van der Waals surface area contributed by atoms with Crippen LogP contribution in [0, 0.1) is 0 Å². The van der Waals surface area contributed by atoms with Crippen LogP contribution in [0.25, 0.3) is 57.7 Å². The molecule has 0 fully saturated rings. The zero-order chi connectivity index (χ0) is 41.2. The first kappa shape index (κ1) is 36.9. The molecule has 0 atom stereocenters. The van der Waals surface area contributed by atoms with E-state index in [1.54, 1.807) is 0 Å². The summed E-state index contributed by atoms with van der Waals surface area (Å²) in [7, 11) is 4.36. The number of anilines is 4. The molecule has 2 aliphatic heterocycles. The molecule has 1 aliphatic carbocycles. The first-order valence-electron chi connectivity index (χ1n) is 21.5. The Hall–Kier alpha value is -7.16. The molecule has 294 valence electrons. The summed E-state index contributed by atoms with van der Waals surface area (Å²) in [6.45, 7) is 4.73. The average molecular weight is 785 g/mol. The Bertz CT molecular complexity index is 2860. The van der Waals surface area contributed by atoms with E-state index in [4.69, 9.17) is 0 Å². The molecule has 61 heavy (non-hydrogen) atoms. The van der Waals surface area contributed by atoms with E-state index < -0.39 is 0 Å². The molecule has 2 heterocycles. The number of para-hydroxylation sites is 2. The molecule has 0 bridgehead atoms. The van der Waals surface area contributed by atoms with Gasteiger partial charge in [-0.1, -0.05) is 184 Å². The Morgan fingerprint density at radius 2 is 0.721 bits per heavy atom. The standard InChI is InChI=1S/C59H48N2/c1-59(2)53-33-41(15-13-39-17-23-43(24-18-39)45-27-29-49-35-47-9-5-7-11-55(47)60(3)57(49)37-45)21-31-51(53)52-32-22-42(34-54(52)59)16-14-40-19-25-44(26-20-40)46-28-30-50-36-48-10-6-8-12-56(48)61(4)58(50)38-46/h5-34,37-38H,35-36H2,1-4H3. The maximum Gasteiger partial charge on any atom is 0.0450 e. The molecule has 8 aromatic rings. The number of hydrogen-bond acceptors (Lipinski definition) is 2. The van der Waals surface area contributed by atoms with Crippen LogP contribution in [0.5, 0.6) is 0 Å². The molecule has 0 N–H and O–H groups in total. The van der Waals surface area contributed by atoms with Gasteiger partial charge in [-0.3, -0.25) is 0 Å². The number of hydrogen-bond donors (Lipinski definition) is 0. The van der Waals surface area contributed by atoms with Crippen LogP contribution in [0.3, 0.4) is 0 Å². The highest BCUT2D eigenvalue weighted by Crippen LogP contribution is 2.49. The molecule has 0 radical (unpaired) electrons. The van der Waals surface area contributed by atoms with Crippen molar-refractivity contribution in [1.29, 1.82) is 0 Å². The van der Waals surface area contributed by atoms with Crippen LogP contribution in [0.4, 0.5) is 22.7 Å². The summed E-state index contributed by atoms with van der Waals surface area (Å²) in [6, 6.07) is 63.1. The van der Waals surface area contributed by atoms with Crippen molar-refractivity contribution in [2.24, 2.45) is 0 Å². The van der Waals surface area contributed by atoms with E-state index in [0.717, 1.165) is 12.8 Å². The Kier molecular flexibility index (Phi) is 8.79. The summed E-state index contributed by atoms with van der Waals surface area (Å²) in [5.41, 5.74) is 25.8. The number of fused-ring (bicyclic) bond motifs is 7. The van der Waals surface area contributed by atoms with Crippen LogP contribution in [0.1, 0.15) is 69.5 Å². The number of rotatable bonds is 6. The lowest BCUT2D eigenvalue weighted by molar-refractivity contribution is 0.660. The van der Waals surface area contributed by atoms with Gasteiger partial charge in [0, 0.05) is 55.1 Å². The summed E-state index contributed by atoms with van der Waals surface area (Å²) >= 11 is 0. The van der Waals surface area contributed by atoms with Gasteiger partial charge in [-0.2, -0.15) is 0 Å². The van der Waals surface area contributed by atoms with Crippen molar-refractivity contribution in [2.45, 2.75) is 32.1 Å². The fourth-order valence-electron chi connectivity index (χ4n) is 9.99. The van der Waals surface area contributed by atoms with Gasteiger partial charge >= 0.3 is 0 Å². The molecule has 0 aromatic heterocycles. The Morgan fingerprint density at radius 3 is 1.16 bits per heavy atom. The quantitative estimate of drug-likeness (QED) is 0.155. The minimum absolute atomic E-state index is 0.0995. The van der Waals surface area contributed by atoms with Crippen molar-refractivity contribution in [2.75, 3.05) is 23.9 Å². The van der Waals surface area contributed by atoms with Crippen molar-refractivity contribution in [3.8, 4) is 33.4 Å². The summed E-state index contributed by atoms with van der Waals surface area (Å²) in [5.74, 6) is 0. The van der Waals surface area contributed by atoms with Gasteiger partial charge in [0.2, 0.25) is 0 Å². The Labute approximate surface area is 360 Å². The lowest BCUT2D eigenvalue weighted by atomic mass is 9.81. The normalized spacial score (nSPS) is 14.4. The van der Waals surface area contributed by atoms with Crippen LogP contribution in [-0.2, 0) is 18.3 Å². The van der Waals surface area contributed by atoms with Crippen LogP contribution < -0.4 is 9.80 Å². The molecular formula is C59H48N2. The van der Waals surface area contributed by atoms with Gasteiger partial charge in [-0.25, -0.2) is 0 Å². The third-order valence-corrected chi connectivity index (χ3v) is 13.5. The number of nitrogens with zero attached hydrogens (tertiary/aromatic N) is 2. The molecule has 0 unspecified atom stereocenters. The first-order valence-corrected chi connectivity index (χ1v) is 21.5. The number of benzene rings is 8. The van der Waals surface area contributed by atoms with E-state index in [0.29, 0.717) is 0 Å². The van der Waals surface area contributed by atoms with Crippen molar-refractivity contribution in [1.82, 2.24) is 0 Å². The maximum absolute atomic E-state index is 2.39. The van der Waals surface area contributed by atoms with Gasteiger partial charge in [-0.05, 0) is 113 Å². The molecule has 11 rings (SSSR count). The maximum atomic E-state index is 2.39. The Morgan fingerprint density at radius 1 is 0.361 bits per heavy atom. The van der Waals surface area contributed by atoms with Crippen molar-refractivity contribution in [3.05, 3.63) is 225 Å². The largest absolute Gasteiger partial charge is 0.344 e. The van der Waals surface area contributed by atoms with Crippen molar-refractivity contribution in [3.63, 3.8) is 0 Å². The van der Waals surface area contributed by atoms with E-state index in [-0.39, 0.29) is 5.41 Å². The smallest absolute Gasteiger partial charge is 0.0450 e. The third kappa shape index (κ3) is 6.51. The second-order valence-corrected chi connectivity index (χ2v) is 17.6. The average Bonchev–Trinajstić information content (AvgIpc) is 3.52. The topological polar surface area (TPSA) is 6.48 Å². The van der Waals surface area contributed by atoms with E-state index in [1.807, 2.05) is 0 Å². The highest BCUT2D eigenvalue weighted by Gasteiger charge is 2.35. The van der Waals surface area contributed by atoms with Gasteiger partial charge in [0.15, 0.2) is 0 Å². The molecule has 0 amide bonds. The molecule has 0 saturated carbocycles. The van der Waals surface area contributed by atoms with E-state index in [9.17, 15) is 0 Å². The third-order valence-electron chi connectivity index (χ3n) is 13.5. The molecule has 2 heteroatoms. The summed E-state index contributed by atoms with van der Waals surface area (Å²) in [5, 5.41) is 0. The fraction of sp³-hybridized carbons (Fsp3) is 0.119. The van der Waals surface area contributed by atoms with Crippen LogP contribution in [-0.4, -0.2) is 14.1 Å². The van der Waals surface area contributed by atoms with E-state index >= 15 is 0 Å². The SMILES string of the molecule is CN1c2ccccc2Cc2ccc(-c3ccc(C=Cc4ccc5c(c4)C(C)(C)c4cc(C=Cc6ccc(-c7ccc8c(c7)N(C)c7ccccc7C8)cc6)ccc4-5)cc3)cc21. The first-order chi connectivity index (χ1) is 29.8. The van der Waals surface area contributed by atoms with E-state index in [2.05, 4.69) is 232 Å². The summed E-state index contributed by atoms with van der Waals surface area (Å²) in [4.78, 5) is 4.66. The lowest BCUT2D eigenvalue weighted by Crippen LogP contribution is -2.18. The van der Waals surface area contributed by atoms with Crippen LogP contribution in [0.2, 0.25) is 0 Å². The van der Waals surface area contributed by atoms with Gasteiger partial charge in [0.25, 0.3) is 0 Å². The molecule has 2 nitrogen and oxygen atoms in total. The minimum atomic E-state index is -0.0995. The van der Waals surface area contributed by atoms with Gasteiger partial charge in [-0.15, -0.1) is 0 Å². The second kappa shape index (κ2) is 14.5.